The van der Waals surface area contributed by atoms with Crippen molar-refractivity contribution in [1.29, 1.82) is 0 Å². The number of hydrogen-bond donors (Lipinski definition) is 4. The molecular weight excluding hydrogens is 274 g/mol. The monoisotopic (exact) mass is 293 g/mol. The lowest BCUT2D eigenvalue weighted by Crippen LogP contribution is -2.43. The largest absolute Gasteiger partial charge is 0.481 e. The van der Waals surface area contributed by atoms with E-state index in [4.69, 9.17) is 0 Å². The molecule has 0 radical (unpaired) electrons. The SMILES string of the molecule is CCNC(=O)CNC(=O)NCC(C(=O)O)c1ccccc1. The first-order valence-electron chi connectivity index (χ1n) is 6.60. The fraction of sp³-hybridized carbons (Fsp3) is 0.357. The van der Waals surface area contributed by atoms with E-state index in [1.54, 1.807) is 37.3 Å². The van der Waals surface area contributed by atoms with Crippen molar-refractivity contribution in [3.05, 3.63) is 35.9 Å². The van der Waals surface area contributed by atoms with E-state index in [1.165, 1.54) is 0 Å². The van der Waals surface area contributed by atoms with Gasteiger partial charge in [-0.25, -0.2) is 4.79 Å². The zero-order chi connectivity index (χ0) is 15.7. The number of urea groups is 1. The standard InChI is InChI=1S/C14H19N3O4/c1-2-15-12(18)9-17-14(21)16-8-11(13(19)20)10-6-4-3-5-7-10/h3-7,11H,2,8-9H2,1H3,(H,15,18)(H,19,20)(H2,16,17,21). The number of carboxylic acids is 1. The molecule has 114 valence electrons. The highest BCUT2D eigenvalue weighted by molar-refractivity contribution is 5.84. The summed E-state index contributed by atoms with van der Waals surface area (Å²) in [4.78, 5) is 33.9. The van der Waals surface area contributed by atoms with Crippen molar-refractivity contribution in [2.45, 2.75) is 12.8 Å². The maximum atomic E-state index is 11.5. The smallest absolute Gasteiger partial charge is 0.315 e. The molecule has 1 unspecified atom stereocenters. The highest BCUT2D eigenvalue weighted by atomic mass is 16.4. The van der Waals surface area contributed by atoms with E-state index < -0.39 is 17.9 Å². The fourth-order valence-electron chi connectivity index (χ4n) is 1.71. The van der Waals surface area contributed by atoms with Gasteiger partial charge in [-0.2, -0.15) is 0 Å². The summed E-state index contributed by atoms with van der Waals surface area (Å²) in [5.41, 5.74) is 0.606. The Kier molecular flexibility index (Phi) is 6.73. The molecule has 0 aliphatic carbocycles. The minimum absolute atomic E-state index is 0.0550. The number of carbonyl (C=O) groups is 3. The molecule has 0 heterocycles. The normalized spacial score (nSPS) is 11.3. The molecule has 1 aromatic rings. The van der Waals surface area contributed by atoms with Crippen LogP contribution in [0.5, 0.6) is 0 Å². The minimum Gasteiger partial charge on any atom is -0.481 e. The Morgan fingerprint density at radius 1 is 1.10 bits per heavy atom. The summed E-state index contributed by atoms with van der Waals surface area (Å²) in [6.07, 6.45) is 0. The van der Waals surface area contributed by atoms with E-state index in [1.807, 2.05) is 0 Å². The highest BCUT2D eigenvalue weighted by Gasteiger charge is 2.20. The molecule has 0 aromatic heterocycles. The average molecular weight is 293 g/mol. The number of amides is 3. The van der Waals surface area contributed by atoms with Gasteiger partial charge in [0, 0.05) is 13.1 Å². The molecular formula is C14H19N3O4. The van der Waals surface area contributed by atoms with Crippen LogP contribution in [0.3, 0.4) is 0 Å². The minimum atomic E-state index is -1.02. The van der Waals surface area contributed by atoms with Crippen molar-refractivity contribution < 1.29 is 19.5 Å². The summed E-state index contributed by atoms with van der Waals surface area (Å²) in [6, 6.07) is 8.05. The van der Waals surface area contributed by atoms with Crippen LogP contribution in [0.4, 0.5) is 4.79 Å². The Hall–Kier alpha value is -2.57. The van der Waals surface area contributed by atoms with Crippen LogP contribution in [0.25, 0.3) is 0 Å². The predicted octanol–water partition coefficient (Wildman–Crippen LogP) is 0.290. The molecule has 0 saturated heterocycles. The fourth-order valence-corrected chi connectivity index (χ4v) is 1.71. The van der Waals surface area contributed by atoms with Crippen LogP contribution in [0.2, 0.25) is 0 Å². The lowest BCUT2D eigenvalue weighted by Gasteiger charge is -2.14. The molecule has 4 N–H and O–H groups in total. The molecule has 1 rings (SSSR count). The first-order chi connectivity index (χ1) is 10.0. The molecule has 21 heavy (non-hydrogen) atoms. The first-order valence-corrected chi connectivity index (χ1v) is 6.60. The van der Waals surface area contributed by atoms with Gasteiger partial charge in [-0.3, -0.25) is 9.59 Å². The molecule has 7 nitrogen and oxygen atoms in total. The maximum Gasteiger partial charge on any atom is 0.315 e. The second-order valence-electron chi connectivity index (χ2n) is 4.32. The first kappa shape index (κ1) is 16.5. The summed E-state index contributed by atoms with van der Waals surface area (Å²) in [5, 5.41) is 16.5. The van der Waals surface area contributed by atoms with Crippen molar-refractivity contribution in [3.8, 4) is 0 Å². The number of aliphatic carboxylic acids is 1. The Labute approximate surface area is 122 Å². The summed E-state index contributed by atoms with van der Waals surface area (Å²) in [7, 11) is 0. The number of rotatable bonds is 7. The molecule has 0 saturated carbocycles. The third kappa shape index (κ3) is 5.94. The van der Waals surface area contributed by atoms with E-state index in [0.29, 0.717) is 12.1 Å². The highest BCUT2D eigenvalue weighted by Crippen LogP contribution is 2.14. The van der Waals surface area contributed by atoms with E-state index in [0.717, 1.165) is 0 Å². The molecule has 1 atom stereocenters. The van der Waals surface area contributed by atoms with Gasteiger partial charge in [0.1, 0.15) is 0 Å². The van der Waals surface area contributed by atoms with E-state index in [-0.39, 0.29) is 19.0 Å². The van der Waals surface area contributed by atoms with Crippen molar-refractivity contribution >= 4 is 17.9 Å². The van der Waals surface area contributed by atoms with Crippen LogP contribution in [-0.4, -0.2) is 42.6 Å². The zero-order valence-corrected chi connectivity index (χ0v) is 11.8. The van der Waals surface area contributed by atoms with Crippen LogP contribution in [-0.2, 0) is 9.59 Å². The third-order valence-corrected chi connectivity index (χ3v) is 2.75. The van der Waals surface area contributed by atoms with Gasteiger partial charge in [0.05, 0.1) is 12.5 Å². The van der Waals surface area contributed by atoms with Crippen LogP contribution < -0.4 is 16.0 Å². The molecule has 0 fully saturated rings. The van der Waals surface area contributed by atoms with Gasteiger partial charge in [-0.1, -0.05) is 30.3 Å². The number of nitrogens with one attached hydrogen (secondary N) is 3. The summed E-state index contributed by atoms with van der Waals surface area (Å²) in [5.74, 6) is -2.16. The lowest BCUT2D eigenvalue weighted by molar-refractivity contribution is -0.138. The second kappa shape index (κ2) is 8.57. The third-order valence-electron chi connectivity index (χ3n) is 2.75. The van der Waals surface area contributed by atoms with E-state index in [2.05, 4.69) is 16.0 Å². The Morgan fingerprint density at radius 3 is 2.33 bits per heavy atom. The quantitative estimate of drug-likeness (QED) is 0.579. The Morgan fingerprint density at radius 2 is 1.76 bits per heavy atom. The van der Waals surface area contributed by atoms with Crippen LogP contribution in [0, 0.1) is 0 Å². The average Bonchev–Trinajstić information content (AvgIpc) is 2.46. The van der Waals surface area contributed by atoms with Crippen molar-refractivity contribution in [3.63, 3.8) is 0 Å². The van der Waals surface area contributed by atoms with Crippen molar-refractivity contribution in [1.82, 2.24) is 16.0 Å². The van der Waals surface area contributed by atoms with Crippen LogP contribution >= 0.6 is 0 Å². The number of carboxylic acid groups (broad SMARTS) is 1. The summed E-state index contributed by atoms with van der Waals surface area (Å²) >= 11 is 0. The number of likely N-dealkylation sites (N-methyl/N-ethyl adjacent to an activating group) is 1. The molecule has 7 heteroatoms. The molecule has 0 spiro atoms. The molecule has 0 aliphatic heterocycles. The van der Waals surface area contributed by atoms with Gasteiger partial charge < -0.3 is 21.1 Å². The van der Waals surface area contributed by atoms with Crippen molar-refractivity contribution in [2.24, 2.45) is 0 Å². The maximum absolute atomic E-state index is 11.5. The number of carbonyl (C=O) groups excluding carboxylic acids is 2. The van der Waals surface area contributed by atoms with Crippen molar-refractivity contribution in [2.75, 3.05) is 19.6 Å². The predicted molar refractivity (Wildman–Crippen MR) is 76.9 cm³/mol. The van der Waals surface area contributed by atoms with E-state index >= 15 is 0 Å². The topological polar surface area (TPSA) is 108 Å². The lowest BCUT2D eigenvalue weighted by atomic mass is 9.99. The van der Waals surface area contributed by atoms with Gasteiger partial charge >= 0.3 is 12.0 Å². The Balaban J connectivity index is 2.45. The van der Waals surface area contributed by atoms with Gasteiger partial charge in [0.25, 0.3) is 0 Å². The van der Waals surface area contributed by atoms with Gasteiger partial charge in [0.15, 0.2) is 0 Å². The molecule has 1 aromatic carbocycles. The van der Waals surface area contributed by atoms with E-state index in [9.17, 15) is 19.5 Å². The summed E-state index contributed by atoms with van der Waals surface area (Å²) < 4.78 is 0. The number of benzene rings is 1. The van der Waals surface area contributed by atoms with Gasteiger partial charge in [0.2, 0.25) is 5.91 Å². The van der Waals surface area contributed by atoms with Gasteiger partial charge in [-0.15, -0.1) is 0 Å². The van der Waals surface area contributed by atoms with Crippen LogP contribution in [0.1, 0.15) is 18.4 Å². The Bertz CT molecular complexity index is 490. The zero-order valence-electron chi connectivity index (χ0n) is 11.8. The molecule has 3 amide bonds. The number of hydrogen-bond acceptors (Lipinski definition) is 3. The van der Waals surface area contributed by atoms with Crippen LogP contribution in [0.15, 0.2) is 30.3 Å². The second-order valence-corrected chi connectivity index (χ2v) is 4.32. The molecule has 0 bridgehead atoms. The summed E-state index contributed by atoms with van der Waals surface area (Å²) in [6.45, 7) is 2.05. The molecule has 0 aliphatic rings. The van der Waals surface area contributed by atoms with Gasteiger partial charge in [-0.05, 0) is 12.5 Å².